The fourth-order valence-corrected chi connectivity index (χ4v) is 4.71. The van der Waals surface area contributed by atoms with Crippen molar-refractivity contribution in [1.29, 1.82) is 0 Å². The van der Waals surface area contributed by atoms with Crippen molar-refractivity contribution < 1.29 is 24.2 Å². The predicted molar refractivity (Wildman–Crippen MR) is 136 cm³/mol. The number of Topliss-reactive ketones (excluding diaryl/α,β-unsaturated/α-hetero) is 1. The summed E-state index contributed by atoms with van der Waals surface area (Å²) in [5.41, 5.74) is 4.10. The first-order chi connectivity index (χ1) is 17.4. The molecule has 1 atom stereocenters. The zero-order valence-electron chi connectivity index (χ0n) is 19.8. The molecule has 3 aromatic carbocycles. The molecule has 36 heavy (non-hydrogen) atoms. The molecular formula is C29H24N2O5. The van der Waals surface area contributed by atoms with E-state index in [1.54, 1.807) is 30.5 Å². The number of methoxy groups -OCH3 is 1. The van der Waals surface area contributed by atoms with Gasteiger partial charge >= 0.3 is 5.97 Å². The first-order valence-corrected chi connectivity index (χ1v) is 11.5. The molecule has 7 heteroatoms. The molecule has 0 aliphatic carbocycles. The van der Waals surface area contributed by atoms with Crippen LogP contribution in [0.1, 0.15) is 28.3 Å². The molecule has 180 valence electrons. The molecule has 0 bridgehead atoms. The van der Waals surface area contributed by atoms with E-state index in [9.17, 15) is 19.5 Å². The number of aromatic amines is 1. The standard InChI is InChI=1S/C29H24N2O5/c1-17-7-3-4-8-20(17)26-25(27(33)22-16-30-23-10-6-5-9-21(22)23)28(34)29(35)31(26)19-13-11-18(12-14-19)15-24(32)36-2/h3-14,16,26,30,33H,15H2,1-2H3/b27-25+. The Balaban J connectivity index is 1.68. The molecule has 0 spiro atoms. The molecule has 0 radical (unpaired) electrons. The molecule has 2 heterocycles. The van der Waals surface area contributed by atoms with Gasteiger partial charge in [0.25, 0.3) is 11.7 Å². The number of aliphatic hydroxyl groups is 1. The Hall–Kier alpha value is -4.65. The van der Waals surface area contributed by atoms with Gasteiger partial charge in [-0.2, -0.15) is 0 Å². The van der Waals surface area contributed by atoms with Gasteiger partial charge in [-0.1, -0.05) is 54.6 Å². The molecule has 1 unspecified atom stereocenters. The van der Waals surface area contributed by atoms with E-state index in [0.29, 0.717) is 16.8 Å². The SMILES string of the molecule is COC(=O)Cc1ccc(N2C(=O)C(=O)/C(=C(/O)c3c[nH]c4ccccc34)C2c2ccccc2C)cc1. The second-order valence-electron chi connectivity index (χ2n) is 8.69. The fraction of sp³-hybridized carbons (Fsp3) is 0.138. The number of aliphatic hydroxyl groups excluding tert-OH is 1. The number of hydrogen-bond donors (Lipinski definition) is 2. The minimum atomic E-state index is -0.827. The van der Waals surface area contributed by atoms with Crippen molar-refractivity contribution in [2.45, 2.75) is 19.4 Å². The second-order valence-corrected chi connectivity index (χ2v) is 8.69. The third-order valence-electron chi connectivity index (χ3n) is 6.56. The van der Waals surface area contributed by atoms with Gasteiger partial charge in [-0.15, -0.1) is 0 Å². The number of para-hydroxylation sites is 1. The highest BCUT2D eigenvalue weighted by molar-refractivity contribution is 6.51. The average molecular weight is 481 g/mol. The number of aryl methyl sites for hydroxylation is 1. The number of carbonyl (C=O) groups excluding carboxylic acids is 3. The number of fused-ring (bicyclic) bond motifs is 1. The van der Waals surface area contributed by atoms with Crippen LogP contribution < -0.4 is 4.90 Å². The van der Waals surface area contributed by atoms with E-state index >= 15 is 0 Å². The van der Waals surface area contributed by atoms with E-state index in [1.165, 1.54) is 12.0 Å². The van der Waals surface area contributed by atoms with Crippen molar-refractivity contribution in [2.24, 2.45) is 0 Å². The van der Waals surface area contributed by atoms with E-state index in [4.69, 9.17) is 4.74 Å². The molecule has 0 saturated carbocycles. The monoisotopic (exact) mass is 480 g/mol. The normalized spacial score (nSPS) is 17.1. The van der Waals surface area contributed by atoms with Crippen molar-refractivity contribution in [3.05, 3.63) is 107 Å². The first-order valence-electron chi connectivity index (χ1n) is 11.5. The van der Waals surface area contributed by atoms with Crippen LogP contribution in [-0.4, -0.2) is 34.9 Å². The summed E-state index contributed by atoms with van der Waals surface area (Å²) in [5, 5.41) is 12.2. The van der Waals surface area contributed by atoms with Crippen LogP contribution in [0.3, 0.4) is 0 Å². The largest absolute Gasteiger partial charge is 0.507 e. The van der Waals surface area contributed by atoms with E-state index in [2.05, 4.69) is 4.98 Å². The summed E-state index contributed by atoms with van der Waals surface area (Å²) in [4.78, 5) is 43.0. The van der Waals surface area contributed by atoms with Crippen LogP contribution >= 0.6 is 0 Å². The number of carbonyl (C=O) groups is 3. The van der Waals surface area contributed by atoms with Crippen molar-refractivity contribution in [3.8, 4) is 0 Å². The minimum absolute atomic E-state index is 0.0256. The van der Waals surface area contributed by atoms with E-state index in [1.807, 2.05) is 55.5 Å². The maximum Gasteiger partial charge on any atom is 0.309 e. The highest BCUT2D eigenvalue weighted by Crippen LogP contribution is 2.43. The van der Waals surface area contributed by atoms with E-state index in [-0.39, 0.29) is 23.7 Å². The van der Waals surface area contributed by atoms with Crippen LogP contribution in [0.4, 0.5) is 5.69 Å². The number of aromatic nitrogens is 1. The quantitative estimate of drug-likeness (QED) is 0.185. The van der Waals surface area contributed by atoms with E-state index in [0.717, 1.165) is 22.0 Å². The Labute approximate surface area is 207 Å². The van der Waals surface area contributed by atoms with Crippen LogP contribution in [0.15, 0.2) is 84.6 Å². The zero-order chi connectivity index (χ0) is 25.4. The fourth-order valence-electron chi connectivity index (χ4n) is 4.71. The lowest BCUT2D eigenvalue weighted by Gasteiger charge is -2.26. The average Bonchev–Trinajstić information content (AvgIpc) is 3.43. The highest BCUT2D eigenvalue weighted by Gasteiger charge is 2.47. The van der Waals surface area contributed by atoms with Gasteiger partial charge in [-0.05, 0) is 41.8 Å². The number of H-pyrrole nitrogens is 1. The third kappa shape index (κ3) is 3.84. The summed E-state index contributed by atoms with van der Waals surface area (Å²) < 4.78 is 4.73. The lowest BCUT2D eigenvalue weighted by atomic mass is 9.92. The predicted octanol–water partition coefficient (Wildman–Crippen LogP) is 4.82. The third-order valence-corrected chi connectivity index (χ3v) is 6.56. The Morgan fingerprint density at radius 1 is 1.00 bits per heavy atom. The maximum atomic E-state index is 13.4. The molecule has 7 nitrogen and oxygen atoms in total. The maximum absolute atomic E-state index is 13.4. The molecular weight excluding hydrogens is 456 g/mol. The topological polar surface area (TPSA) is 99.7 Å². The zero-order valence-corrected chi connectivity index (χ0v) is 19.8. The molecule has 1 saturated heterocycles. The van der Waals surface area contributed by atoms with Crippen LogP contribution in [-0.2, 0) is 25.5 Å². The molecule has 2 N–H and O–H groups in total. The Kier molecular flexibility index (Phi) is 5.90. The molecule has 1 amide bonds. The number of amides is 1. The van der Waals surface area contributed by atoms with Gasteiger partial charge in [0.15, 0.2) is 0 Å². The minimum Gasteiger partial charge on any atom is -0.507 e. The summed E-state index contributed by atoms with van der Waals surface area (Å²) in [6.07, 6.45) is 1.74. The Morgan fingerprint density at radius 3 is 2.42 bits per heavy atom. The van der Waals surface area contributed by atoms with Gasteiger partial charge in [0.2, 0.25) is 0 Å². The molecule has 1 aromatic heterocycles. The number of anilines is 1. The Morgan fingerprint density at radius 2 is 1.69 bits per heavy atom. The number of hydrogen-bond acceptors (Lipinski definition) is 5. The van der Waals surface area contributed by atoms with Crippen molar-refractivity contribution in [2.75, 3.05) is 12.0 Å². The number of nitrogens with zero attached hydrogens (tertiary/aromatic N) is 1. The van der Waals surface area contributed by atoms with Crippen LogP contribution in [0, 0.1) is 6.92 Å². The first kappa shape index (κ1) is 23.1. The van der Waals surface area contributed by atoms with Gasteiger partial charge in [0, 0.05) is 28.4 Å². The van der Waals surface area contributed by atoms with E-state index < -0.39 is 17.7 Å². The lowest BCUT2D eigenvalue weighted by molar-refractivity contribution is -0.139. The van der Waals surface area contributed by atoms with Crippen LogP contribution in [0.25, 0.3) is 16.7 Å². The van der Waals surface area contributed by atoms with Gasteiger partial charge in [0.05, 0.1) is 25.1 Å². The van der Waals surface area contributed by atoms with Gasteiger partial charge in [-0.25, -0.2) is 0 Å². The van der Waals surface area contributed by atoms with Crippen molar-refractivity contribution >= 4 is 40.0 Å². The van der Waals surface area contributed by atoms with Gasteiger partial charge < -0.3 is 14.8 Å². The summed E-state index contributed by atoms with van der Waals surface area (Å²) in [6, 6.07) is 20.9. The summed E-state index contributed by atoms with van der Waals surface area (Å²) >= 11 is 0. The molecule has 1 aliphatic rings. The smallest absolute Gasteiger partial charge is 0.309 e. The molecule has 5 rings (SSSR count). The second kappa shape index (κ2) is 9.19. The van der Waals surface area contributed by atoms with Crippen molar-refractivity contribution in [3.63, 3.8) is 0 Å². The number of nitrogens with one attached hydrogen (secondary N) is 1. The number of benzene rings is 3. The number of ketones is 1. The van der Waals surface area contributed by atoms with Crippen molar-refractivity contribution in [1.82, 2.24) is 4.98 Å². The van der Waals surface area contributed by atoms with Gasteiger partial charge in [-0.3, -0.25) is 19.3 Å². The number of ether oxygens (including phenoxy) is 1. The number of esters is 1. The van der Waals surface area contributed by atoms with Crippen LogP contribution in [0.2, 0.25) is 0 Å². The van der Waals surface area contributed by atoms with Gasteiger partial charge in [0.1, 0.15) is 5.76 Å². The summed E-state index contributed by atoms with van der Waals surface area (Å²) in [5.74, 6) is -2.10. The molecule has 4 aromatic rings. The number of rotatable bonds is 5. The Bertz CT molecular complexity index is 1530. The summed E-state index contributed by atoms with van der Waals surface area (Å²) in [7, 11) is 1.33. The molecule has 1 aliphatic heterocycles. The lowest BCUT2D eigenvalue weighted by Crippen LogP contribution is -2.29. The summed E-state index contributed by atoms with van der Waals surface area (Å²) in [6.45, 7) is 1.90. The van der Waals surface area contributed by atoms with Crippen LogP contribution in [0.5, 0.6) is 0 Å². The highest BCUT2D eigenvalue weighted by atomic mass is 16.5. The molecule has 1 fully saturated rings.